The highest BCUT2D eigenvalue weighted by Crippen LogP contribution is 1.82. The lowest BCUT2D eigenvalue weighted by Crippen LogP contribution is -2.12. The average Bonchev–Trinajstić information content (AvgIpc) is 2.26. The molecule has 0 aromatic carbocycles. The van der Waals surface area contributed by atoms with Crippen LogP contribution in [-0.2, 0) is 23.7 Å². The molecule has 0 N–H and O–H groups in total. The minimum atomic E-state index is 0.337. The summed E-state index contributed by atoms with van der Waals surface area (Å²) >= 11 is 0. The smallest absolute Gasteiger partial charge is 0.146 e. The molecule has 0 amide bonds. The van der Waals surface area contributed by atoms with Crippen LogP contribution in [0.3, 0.4) is 0 Å². The summed E-state index contributed by atoms with van der Waals surface area (Å²) in [4.78, 5) is 0. The molecule has 92 valence electrons. The molecule has 0 heterocycles. The van der Waals surface area contributed by atoms with Crippen LogP contribution in [0.2, 0.25) is 0 Å². The number of hydrogen-bond acceptors (Lipinski definition) is 5. The first kappa shape index (κ1) is 14.8. The van der Waals surface area contributed by atoms with Crippen LogP contribution in [0.1, 0.15) is 6.92 Å². The molecule has 0 unspecified atom stereocenters. The Balaban J connectivity index is 2.81. The van der Waals surface area contributed by atoms with E-state index in [4.69, 9.17) is 23.7 Å². The minimum Gasteiger partial charge on any atom is -0.382 e. The summed E-state index contributed by atoms with van der Waals surface area (Å²) in [6.45, 7) is 6.48. The van der Waals surface area contributed by atoms with E-state index in [9.17, 15) is 0 Å². The summed E-state index contributed by atoms with van der Waals surface area (Å²) in [5.41, 5.74) is 0. The Bertz CT molecular complexity index is 98.0. The molecular formula is C10H22O5. The Morgan fingerprint density at radius 1 is 0.667 bits per heavy atom. The quantitative estimate of drug-likeness (QED) is 0.359. The molecule has 5 heteroatoms. The van der Waals surface area contributed by atoms with Crippen molar-refractivity contribution in [3.05, 3.63) is 0 Å². The summed E-state index contributed by atoms with van der Waals surface area (Å²) in [6, 6.07) is 0. The van der Waals surface area contributed by atoms with Crippen molar-refractivity contribution in [2.24, 2.45) is 0 Å². The molecule has 0 rings (SSSR count). The molecule has 0 aromatic heterocycles. The fourth-order valence-corrected chi connectivity index (χ4v) is 0.783. The van der Waals surface area contributed by atoms with Crippen LogP contribution in [0, 0.1) is 0 Å². The summed E-state index contributed by atoms with van der Waals surface area (Å²) in [5, 5.41) is 0. The van der Waals surface area contributed by atoms with E-state index in [2.05, 4.69) is 0 Å². The third kappa shape index (κ3) is 13.8. The maximum atomic E-state index is 5.25. The standard InChI is InChI=1S/C10H22O5/c1-3-12-10-15-9-8-14-7-6-13-5-4-11-2/h3-10H2,1-2H3. The highest BCUT2D eigenvalue weighted by atomic mass is 16.7. The highest BCUT2D eigenvalue weighted by Gasteiger charge is 1.90. The second-order valence-electron chi connectivity index (χ2n) is 2.74. The Labute approximate surface area is 91.6 Å². The number of methoxy groups -OCH3 is 1. The second kappa shape index (κ2) is 13.8. The van der Waals surface area contributed by atoms with E-state index in [0.29, 0.717) is 53.0 Å². The van der Waals surface area contributed by atoms with Crippen molar-refractivity contribution >= 4 is 0 Å². The van der Waals surface area contributed by atoms with E-state index in [1.807, 2.05) is 6.92 Å². The first-order valence-electron chi connectivity index (χ1n) is 5.21. The third-order valence-electron chi connectivity index (χ3n) is 1.55. The van der Waals surface area contributed by atoms with Gasteiger partial charge in [-0.3, -0.25) is 0 Å². The lowest BCUT2D eigenvalue weighted by molar-refractivity contribution is -0.0695. The van der Waals surface area contributed by atoms with Gasteiger partial charge in [-0.2, -0.15) is 0 Å². The van der Waals surface area contributed by atoms with Gasteiger partial charge in [-0.1, -0.05) is 0 Å². The molecule has 0 bridgehead atoms. The monoisotopic (exact) mass is 222 g/mol. The largest absolute Gasteiger partial charge is 0.382 e. The number of hydrogen-bond donors (Lipinski definition) is 0. The topological polar surface area (TPSA) is 46.2 Å². The van der Waals surface area contributed by atoms with Gasteiger partial charge in [0.2, 0.25) is 0 Å². The van der Waals surface area contributed by atoms with Crippen molar-refractivity contribution in [2.45, 2.75) is 6.92 Å². The lowest BCUT2D eigenvalue weighted by atomic mass is 10.7. The molecular weight excluding hydrogens is 200 g/mol. The predicted molar refractivity (Wildman–Crippen MR) is 56.0 cm³/mol. The van der Waals surface area contributed by atoms with Crippen molar-refractivity contribution in [1.82, 2.24) is 0 Å². The predicted octanol–water partition coefficient (Wildman–Crippen LogP) is 0.677. The summed E-state index contributed by atoms with van der Waals surface area (Å²) in [6.07, 6.45) is 0. The minimum absolute atomic E-state index is 0.337. The van der Waals surface area contributed by atoms with E-state index in [0.717, 1.165) is 0 Å². The lowest BCUT2D eigenvalue weighted by Gasteiger charge is -2.06. The molecule has 15 heavy (non-hydrogen) atoms. The molecule has 0 aromatic rings. The number of ether oxygens (including phenoxy) is 5. The van der Waals surface area contributed by atoms with E-state index in [-0.39, 0.29) is 0 Å². The SMILES string of the molecule is CCOCOCCOCCOCCOC. The fraction of sp³-hybridized carbons (Fsp3) is 1.00. The summed E-state index contributed by atoms with van der Waals surface area (Å²) in [7, 11) is 1.65. The van der Waals surface area contributed by atoms with Crippen molar-refractivity contribution < 1.29 is 23.7 Å². The van der Waals surface area contributed by atoms with Gasteiger partial charge in [0, 0.05) is 13.7 Å². The van der Waals surface area contributed by atoms with Crippen molar-refractivity contribution in [3.63, 3.8) is 0 Å². The Kier molecular flexibility index (Phi) is 13.6. The molecule has 0 radical (unpaired) electrons. The van der Waals surface area contributed by atoms with Gasteiger partial charge in [-0.05, 0) is 6.92 Å². The van der Waals surface area contributed by atoms with Crippen LogP contribution in [0.4, 0.5) is 0 Å². The molecule has 0 atom stereocenters. The molecule has 0 aliphatic rings. The van der Waals surface area contributed by atoms with Crippen LogP contribution in [0.15, 0.2) is 0 Å². The van der Waals surface area contributed by atoms with Gasteiger partial charge in [0.15, 0.2) is 0 Å². The van der Waals surface area contributed by atoms with Crippen LogP contribution in [0.25, 0.3) is 0 Å². The van der Waals surface area contributed by atoms with Crippen LogP contribution in [0.5, 0.6) is 0 Å². The van der Waals surface area contributed by atoms with E-state index in [1.165, 1.54) is 0 Å². The van der Waals surface area contributed by atoms with Crippen molar-refractivity contribution in [2.75, 3.05) is 60.2 Å². The molecule has 0 spiro atoms. The molecule has 0 saturated heterocycles. The fourth-order valence-electron chi connectivity index (χ4n) is 0.783. The Hall–Kier alpha value is -0.200. The molecule has 0 saturated carbocycles. The van der Waals surface area contributed by atoms with Crippen LogP contribution in [-0.4, -0.2) is 60.2 Å². The molecule has 0 aliphatic carbocycles. The second-order valence-corrected chi connectivity index (χ2v) is 2.74. The summed E-state index contributed by atoms with van der Waals surface area (Å²) in [5.74, 6) is 0. The van der Waals surface area contributed by atoms with Gasteiger partial charge in [0.25, 0.3) is 0 Å². The Morgan fingerprint density at radius 2 is 1.20 bits per heavy atom. The van der Waals surface area contributed by atoms with Gasteiger partial charge in [-0.25, -0.2) is 0 Å². The van der Waals surface area contributed by atoms with Gasteiger partial charge in [0.05, 0.1) is 39.6 Å². The number of rotatable bonds is 12. The normalized spacial score (nSPS) is 10.8. The first-order chi connectivity index (χ1) is 7.41. The zero-order valence-corrected chi connectivity index (χ0v) is 9.70. The molecule has 0 aliphatic heterocycles. The highest BCUT2D eigenvalue weighted by molar-refractivity contribution is 4.32. The van der Waals surface area contributed by atoms with Gasteiger partial charge >= 0.3 is 0 Å². The van der Waals surface area contributed by atoms with Gasteiger partial charge in [-0.15, -0.1) is 0 Å². The zero-order chi connectivity index (χ0) is 11.2. The first-order valence-corrected chi connectivity index (χ1v) is 5.21. The summed E-state index contributed by atoms with van der Waals surface area (Å²) < 4.78 is 25.4. The van der Waals surface area contributed by atoms with Crippen LogP contribution < -0.4 is 0 Å². The Morgan fingerprint density at radius 3 is 1.73 bits per heavy atom. The zero-order valence-electron chi connectivity index (χ0n) is 9.70. The van der Waals surface area contributed by atoms with Crippen molar-refractivity contribution in [1.29, 1.82) is 0 Å². The van der Waals surface area contributed by atoms with Gasteiger partial charge < -0.3 is 23.7 Å². The van der Waals surface area contributed by atoms with E-state index >= 15 is 0 Å². The van der Waals surface area contributed by atoms with Gasteiger partial charge in [0.1, 0.15) is 6.79 Å². The van der Waals surface area contributed by atoms with E-state index < -0.39 is 0 Å². The third-order valence-corrected chi connectivity index (χ3v) is 1.55. The van der Waals surface area contributed by atoms with Crippen molar-refractivity contribution in [3.8, 4) is 0 Å². The molecule has 0 fully saturated rings. The van der Waals surface area contributed by atoms with Crippen LogP contribution >= 0.6 is 0 Å². The maximum absolute atomic E-state index is 5.25. The maximum Gasteiger partial charge on any atom is 0.146 e. The molecule has 5 nitrogen and oxygen atoms in total. The van der Waals surface area contributed by atoms with E-state index in [1.54, 1.807) is 7.11 Å². The average molecular weight is 222 g/mol.